The van der Waals surface area contributed by atoms with Gasteiger partial charge in [0.1, 0.15) is 11.4 Å². The number of sulfonamides is 1. The molecule has 2 aliphatic heterocycles. The van der Waals surface area contributed by atoms with E-state index in [4.69, 9.17) is 27.9 Å². The van der Waals surface area contributed by atoms with Crippen LogP contribution in [0.15, 0.2) is 70.5 Å². The fraction of sp³-hybridized carbons (Fsp3) is 0.424. The number of benzene rings is 3. The molecule has 0 bridgehead atoms. The number of aliphatic hydroxyl groups excluding tert-OH is 1. The van der Waals surface area contributed by atoms with Crippen molar-refractivity contribution in [3.8, 4) is 28.7 Å². The maximum Gasteiger partial charge on any atom is 0.407 e. The van der Waals surface area contributed by atoms with Crippen LogP contribution in [0.1, 0.15) is 40.2 Å². The SMILES string of the molecule is CC(C)CN(C[C@@H](O)[C@H](Cc1ccc(OS(=O)c2ccc3c(c2)OCO3)cc1)NC(=O)OC(C)(C)C)S(=O)(=O)c1ccc2c(c1)OCO2. The van der Waals surface area contributed by atoms with Crippen LogP contribution in [-0.4, -0.2) is 72.6 Å². The number of nitrogens with one attached hydrogen (secondary N) is 1. The average molecular weight is 705 g/mol. The topological polar surface area (TPSA) is 159 Å². The van der Waals surface area contributed by atoms with Gasteiger partial charge < -0.3 is 38.3 Å². The number of hydrogen-bond acceptors (Lipinski definition) is 11. The standard InChI is InChI=1S/C33H40N2O11S2/c1-21(2)17-35(48(39,40)25-11-13-29-31(16-25)44-20-42-29)18-27(36)26(34-32(37)45-33(3,4)5)14-22-6-8-23(9-7-22)46-47(38)24-10-12-28-30(15-24)43-19-41-28/h6-13,15-16,21,26-27,36H,14,17-20H2,1-5H3,(H,34,37)/t26-,27+,47?/m0/s1. The monoisotopic (exact) mass is 704 g/mol. The molecule has 260 valence electrons. The molecule has 0 saturated carbocycles. The Morgan fingerprint density at radius 2 is 1.52 bits per heavy atom. The summed E-state index contributed by atoms with van der Waals surface area (Å²) in [6.07, 6.45) is -1.99. The van der Waals surface area contributed by atoms with E-state index in [1.165, 1.54) is 22.5 Å². The van der Waals surface area contributed by atoms with Gasteiger partial charge in [-0.2, -0.15) is 4.31 Å². The van der Waals surface area contributed by atoms with Crippen LogP contribution in [0.25, 0.3) is 0 Å². The largest absolute Gasteiger partial charge is 0.454 e. The highest BCUT2D eigenvalue weighted by molar-refractivity contribution is 7.89. The molecule has 15 heteroatoms. The summed E-state index contributed by atoms with van der Waals surface area (Å²) in [4.78, 5) is 13.3. The van der Waals surface area contributed by atoms with Crippen molar-refractivity contribution in [1.29, 1.82) is 0 Å². The third-order valence-corrected chi connectivity index (χ3v) is 10.0. The molecule has 0 aliphatic carbocycles. The van der Waals surface area contributed by atoms with Gasteiger partial charge in [-0.1, -0.05) is 26.0 Å². The summed E-state index contributed by atoms with van der Waals surface area (Å²) in [5, 5.41) is 14.3. The lowest BCUT2D eigenvalue weighted by Gasteiger charge is -2.31. The number of amides is 1. The van der Waals surface area contributed by atoms with Crippen molar-refractivity contribution in [2.24, 2.45) is 5.92 Å². The second-order valence-corrected chi connectivity index (χ2v) is 15.8. The zero-order chi connectivity index (χ0) is 34.6. The van der Waals surface area contributed by atoms with Gasteiger partial charge in [0, 0.05) is 25.2 Å². The Morgan fingerprint density at radius 3 is 2.15 bits per heavy atom. The van der Waals surface area contributed by atoms with Crippen LogP contribution in [-0.2, 0) is 32.3 Å². The summed E-state index contributed by atoms with van der Waals surface area (Å²) in [6, 6.07) is 14.9. The minimum absolute atomic E-state index is 0.00384. The number of aliphatic hydroxyl groups is 1. The Morgan fingerprint density at radius 1 is 0.917 bits per heavy atom. The highest BCUT2D eigenvalue weighted by Gasteiger charge is 2.33. The highest BCUT2D eigenvalue weighted by atomic mass is 32.2. The van der Waals surface area contributed by atoms with Gasteiger partial charge in [0.15, 0.2) is 23.0 Å². The van der Waals surface area contributed by atoms with Crippen molar-refractivity contribution < 1.29 is 50.4 Å². The van der Waals surface area contributed by atoms with Gasteiger partial charge >= 0.3 is 6.09 Å². The van der Waals surface area contributed by atoms with Crippen LogP contribution in [0.5, 0.6) is 28.7 Å². The normalized spacial score (nSPS) is 15.7. The van der Waals surface area contributed by atoms with Crippen LogP contribution >= 0.6 is 0 Å². The van der Waals surface area contributed by atoms with E-state index in [-0.39, 0.29) is 43.9 Å². The number of hydrogen-bond donors (Lipinski definition) is 2. The van der Waals surface area contributed by atoms with Crippen LogP contribution in [0.2, 0.25) is 0 Å². The number of carbonyl (C=O) groups excluding carboxylic acids is 1. The summed E-state index contributed by atoms with van der Waals surface area (Å²) in [5.74, 6) is 2.06. The van der Waals surface area contributed by atoms with Crippen molar-refractivity contribution >= 4 is 27.2 Å². The van der Waals surface area contributed by atoms with Gasteiger partial charge in [-0.05, 0) is 75.1 Å². The van der Waals surface area contributed by atoms with Crippen LogP contribution < -0.4 is 28.4 Å². The fourth-order valence-corrected chi connectivity index (χ4v) is 7.40. The number of carbonyl (C=O) groups is 1. The maximum atomic E-state index is 13.8. The second-order valence-electron chi connectivity index (χ2n) is 12.7. The lowest BCUT2D eigenvalue weighted by atomic mass is 10.0. The summed E-state index contributed by atoms with van der Waals surface area (Å²) in [6.45, 7) is 8.77. The van der Waals surface area contributed by atoms with E-state index in [0.29, 0.717) is 39.2 Å². The smallest absolute Gasteiger partial charge is 0.407 e. The third kappa shape index (κ3) is 8.89. The van der Waals surface area contributed by atoms with E-state index >= 15 is 0 Å². The summed E-state index contributed by atoms with van der Waals surface area (Å²) in [5.41, 5.74) is -0.121. The minimum atomic E-state index is -4.09. The molecule has 1 amide bonds. The molecule has 1 unspecified atom stereocenters. The lowest BCUT2D eigenvalue weighted by Crippen LogP contribution is -2.51. The fourth-order valence-electron chi connectivity index (χ4n) is 4.99. The Bertz CT molecular complexity index is 1740. The van der Waals surface area contributed by atoms with E-state index in [1.807, 2.05) is 13.8 Å². The van der Waals surface area contributed by atoms with Crippen molar-refractivity contribution in [2.45, 2.75) is 68.6 Å². The first kappa shape index (κ1) is 35.3. The first-order chi connectivity index (χ1) is 22.7. The molecule has 0 radical (unpaired) electrons. The summed E-state index contributed by atoms with van der Waals surface area (Å²) >= 11 is -1.83. The van der Waals surface area contributed by atoms with E-state index in [1.54, 1.807) is 63.2 Å². The number of fused-ring (bicyclic) bond motifs is 2. The molecule has 2 aliphatic rings. The second kappa shape index (κ2) is 14.6. The van der Waals surface area contributed by atoms with Gasteiger partial charge in [-0.25, -0.2) is 17.4 Å². The molecule has 5 rings (SSSR count). The first-order valence-electron chi connectivity index (χ1n) is 15.3. The predicted molar refractivity (Wildman–Crippen MR) is 175 cm³/mol. The number of alkyl carbamates (subject to hydrolysis) is 1. The highest BCUT2D eigenvalue weighted by Crippen LogP contribution is 2.35. The molecule has 2 heterocycles. The molecule has 0 saturated heterocycles. The first-order valence-corrected chi connectivity index (χ1v) is 17.9. The molecular weight excluding hydrogens is 665 g/mol. The number of rotatable bonds is 13. The Labute approximate surface area is 282 Å². The molecule has 0 aromatic heterocycles. The van der Waals surface area contributed by atoms with E-state index in [9.17, 15) is 22.5 Å². The van der Waals surface area contributed by atoms with Crippen LogP contribution in [0, 0.1) is 5.92 Å². The van der Waals surface area contributed by atoms with Crippen LogP contribution in [0.4, 0.5) is 4.79 Å². The van der Waals surface area contributed by atoms with Gasteiger partial charge in [0.05, 0.1) is 21.9 Å². The predicted octanol–water partition coefficient (Wildman–Crippen LogP) is 4.39. The van der Waals surface area contributed by atoms with Crippen LogP contribution in [0.3, 0.4) is 0 Å². The van der Waals surface area contributed by atoms with Gasteiger partial charge in [-0.3, -0.25) is 0 Å². The average Bonchev–Trinajstić information content (AvgIpc) is 3.69. The van der Waals surface area contributed by atoms with Gasteiger partial charge in [-0.15, -0.1) is 0 Å². The van der Waals surface area contributed by atoms with E-state index < -0.39 is 44.9 Å². The number of ether oxygens (including phenoxy) is 5. The molecule has 0 spiro atoms. The summed E-state index contributed by atoms with van der Waals surface area (Å²) < 4.78 is 74.1. The Kier molecular flexibility index (Phi) is 10.7. The summed E-state index contributed by atoms with van der Waals surface area (Å²) in [7, 11) is -4.09. The Hall–Kier alpha value is -4.05. The quantitative estimate of drug-likeness (QED) is 0.260. The van der Waals surface area contributed by atoms with E-state index in [2.05, 4.69) is 5.32 Å². The maximum absolute atomic E-state index is 13.8. The molecule has 48 heavy (non-hydrogen) atoms. The van der Waals surface area contributed by atoms with Gasteiger partial charge in [0.2, 0.25) is 34.7 Å². The lowest BCUT2D eigenvalue weighted by molar-refractivity contribution is 0.0400. The van der Waals surface area contributed by atoms with Crippen molar-refractivity contribution in [2.75, 3.05) is 26.7 Å². The Balaban J connectivity index is 1.32. The molecule has 2 N–H and O–H groups in total. The van der Waals surface area contributed by atoms with Crippen molar-refractivity contribution in [3.05, 3.63) is 66.2 Å². The molecule has 3 aromatic carbocycles. The minimum Gasteiger partial charge on any atom is -0.454 e. The molecule has 3 aromatic rings. The third-order valence-electron chi connectivity index (χ3n) is 7.20. The van der Waals surface area contributed by atoms with Crippen molar-refractivity contribution in [1.82, 2.24) is 9.62 Å². The number of nitrogens with zero attached hydrogens (tertiary/aromatic N) is 1. The molecule has 13 nitrogen and oxygen atoms in total. The molecule has 3 atom stereocenters. The van der Waals surface area contributed by atoms with Gasteiger partial charge in [0.25, 0.3) is 0 Å². The zero-order valence-electron chi connectivity index (χ0n) is 27.3. The molecular formula is C33H40N2O11S2. The molecule has 0 fully saturated rings. The van der Waals surface area contributed by atoms with E-state index in [0.717, 1.165) is 0 Å². The van der Waals surface area contributed by atoms with Crippen molar-refractivity contribution in [3.63, 3.8) is 0 Å². The zero-order valence-corrected chi connectivity index (χ0v) is 29.0.